The SMILES string of the molecule is CCC(C(N)=S)S(=O)(=O)NCC(C)(C)C(N)=O. The summed E-state index contributed by atoms with van der Waals surface area (Å²) >= 11 is 4.69. The van der Waals surface area contributed by atoms with E-state index in [1.54, 1.807) is 20.8 Å². The Hall–Kier alpha value is -0.730. The lowest BCUT2D eigenvalue weighted by molar-refractivity contribution is -0.125. The fourth-order valence-corrected chi connectivity index (χ4v) is 3.10. The van der Waals surface area contributed by atoms with E-state index in [9.17, 15) is 13.2 Å². The van der Waals surface area contributed by atoms with Crippen LogP contribution in [0.1, 0.15) is 27.2 Å². The molecule has 1 atom stereocenters. The molecule has 0 bridgehead atoms. The molecular formula is C9H19N3O3S2. The minimum absolute atomic E-state index is 0.0796. The minimum atomic E-state index is -3.66. The van der Waals surface area contributed by atoms with Crippen LogP contribution in [0.4, 0.5) is 0 Å². The van der Waals surface area contributed by atoms with Gasteiger partial charge < -0.3 is 11.5 Å². The lowest BCUT2D eigenvalue weighted by Crippen LogP contribution is -2.47. The molecule has 0 aliphatic carbocycles. The van der Waals surface area contributed by atoms with Crippen LogP contribution in [0.25, 0.3) is 0 Å². The first-order chi connectivity index (χ1) is 7.54. The molecule has 1 amide bonds. The highest BCUT2D eigenvalue weighted by molar-refractivity contribution is 7.93. The second kappa shape index (κ2) is 5.74. The van der Waals surface area contributed by atoms with Crippen molar-refractivity contribution in [3.8, 4) is 0 Å². The van der Waals surface area contributed by atoms with E-state index in [1.807, 2.05) is 0 Å². The van der Waals surface area contributed by atoms with Gasteiger partial charge in [-0.3, -0.25) is 4.79 Å². The third-order valence-electron chi connectivity index (χ3n) is 2.45. The Balaban J connectivity index is 4.79. The number of carbonyl (C=O) groups is 1. The number of sulfonamides is 1. The molecule has 8 heteroatoms. The number of thiocarbonyl (C=S) groups is 1. The average Bonchev–Trinajstić information content (AvgIpc) is 2.14. The summed E-state index contributed by atoms with van der Waals surface area (Å²) in [6.45, 7) is 4.70. The number of nitrogens with one attached hydrogen (secondary N) is 1. The van der Waals surface area contributed by atoms with Crippen LogP contribution in [0, 0.1) is 5.41 Å². The molecule has 1 unspecified atom stereocenters. The number of amides is 1. The summed E-state index contributed by atoms with van der Waals surface area (Å²) in [5, 5.41) is -0.929. The quantitative estimate of drug-likeness (QED) is 0.543. The Kier molecular flexibility index (Phi) is 5.50. The van der Waals surface area contributed by atoms with Gasteiger partial charge in [-0.25, -0.2) is 13.1 Å². The van der Waals surface area contributed by atoms with Gasteiger partial charge in [0.15, 0.2) is 0 Å². The maximum absolute atomic E-state index is 11.8. The highest BCUT2D eigenvalue weighted by Crippen LogP contribution is 2.14. The number of rotatable bonds is 7. The normalized spacial score (nSPS) is 14.3. The van der Waals surface area contributed by atoms with Crippen LogP contribution in [0.3, 0.4) is 0 Å². The number of hydrogen-bond donors (Lipinski definition) is 3. The van der Waals surface area contributed by atoms with Gasteiger partial charge in [0.1, 0.15) is 5.25 Å². The molecule has 0 heterocycles. The monoisotopic (exact) mass is 281 g/mol. The van der Waals surface area contributed by atoms with Crippen molar-refractivity contribution in [2.24, 2.45) is 16.9 Å². The summed E-state index contributed by atoms with van der Waals surface area (Å²) in [4.78, 5) is 11.0. The molecule has 0 radical (unpaired) electrons. The molecule has 0 aromatic rings. The second-order valence-corrected chi connectivity index (χ2v) is 6.83. The number of nitrogens with two attached hydrogens (primary N) is 2. The van der Waals surface area contributed by atoms with E-state index >= 15 is 0 Å². The van der Waals surface area contributed by atoms with Crippen LogP contribution >= 0.6 is 12.2 Å². The topological polar surface area (TPSA) is 115 Å². The molecule has 5 N–H and O–H groups in total. The minimum Gasteiger partial charge on any atom is -0.392 e. The Morgan fingerprint density at radius 2 is 1.88 bits per heavy atom. The van der Waals surface area contributed by atoms with Gasteiger partial charge in [0, 0.05) is 6.54 Å². The molecule has 0 rings (SSSR count). The molecular weight excluding hydrogens is 262 g/mol. The molecule has 0 aliphatic heterocycles. The summed E-state index contributed by atoms with van der Waals surface area (Å²) in [5.74, 6) is -0.580. The first kappa shape index (κ1) is 16.3. The molecule has 0 saturated heterocycles. The van der Waals surface area contributed by atoms with E-state index in [4.69, 9.17) is 23.7 Å². The van der Waals surface area contributed by atoms with Crippen molar-refractivity contribution >= 4 is 33.1 Å². The largest absolute Gasteiger partial charge is 0.392 e. The molecule has 6 nitrogen and oxygen atoms in total. The molecule has 0 fully saturated rings. The lowest BCUT2D eigenvalue weighted by atomic mass is 9.93. The van der Waals surface area contributed by atoms with E-state index in [2.05, 4.69) is 4.72 Å². The van der Waals surface area contributed by atoms with Crippen molar-refractivity contribution in [2.45, 2.75) is 32.4 Å². The number of primary amides is 1. The molecule has 0 saturated carbocycles. The van der Waals surface area contributed by atoms with Crippen molar-refractivity contribution in [1.29, 1.82) is 0 Å². The molecule has 0 aromatic carbocycles. The van der Waals surface area contributed by atoms with Gasteiger partial charge in [0.05, 0.1) is 10.4 Å². The van der Waals surface area contributed by atoms with E-state index in [0.717, 1.165) is 0 Å². The van der Waals surface area contributed by atoms with Crippen LogP contribution in [-0.2, 0) is 14.8 Å². The van der Waals surface area contributed by atoms with E-state index in [0.29, 0.717) is 0 Å². The first-order valence-electron chi connectivity index (χ1n) is 5.12. The van der Waals surface area contributed by atoms with E-state index in [-0.39, 0.29) is 18.0 Å². The lowest BCUT2D eigenvalue weighted by Gasteiger charge is -2.22. The molecule has 100 valence electrons. The van der Waals surface area contributed by atoms with Crippen LogP contribution in [0.5, 0.6) is 0 Å². The predicted octanol–water partition coefficient (Wildman–Crippen LogP) is -0.518. The zero-order valence-corrected chi connectivity index (χ0v) is 11.8. The first-order valence-corrected chi connectivity index (χ1v) is 7.07. The zero-order valence-electron chi connectivity index (χ0n) is 10.2. The maximum atomic E-state index is 11.8. The Labute approximate surface area is 107 Å². The van der Waals surface area contributed by atoms with Gasteiger partial charge in [-0.1, -0.05) is 19.1 Å². The number of carbonyl (C=O) groups excluding carboxylic acids is 1. The van der Waals surface area contributed by atoms with Gasteiger partial charge in [-0.15, -0.1) is 0 Å². The van der Waals surface area contributed by atoms with Crippen LogP contribution in [-0.4, -0.2) is 31.1 Å². The zero-order chi connectivity index (χ0) is 13.9. The summed E-state index contributed by atoms with van der Waals surface area (Å²) in [7, 11) is -3.66. The average molecular weight is 281 g/mol. The summed E-state index contributed by atoms with van der Waals surface area (Å²) in [6, 6.07) is 0. The van der Waals surface area contributed by atoms with Crippen molar-refractivity contribution in [1.82, 2.24) is 4.72 Å². The van der Waals surface area contributed by atoms with Gasteiger partial charge in [0.25, 0.3) is 0 Å². The van der Waals surface area contributed by atoms with Gasteiger partial charge in [0.2, 0.25) is 15.9 Å². The van der Waals surface area contributed by atoms with Crippen molar-refractivity contribution < 1.29 is 13.2 Å². The van der Waals surface area contributed by atoms with Gasteiger partial charge >= 0.3 is 0 Å². The van der Waals surface area contributed by atoms with Crippen LogP contribution < -0.4 is 16.2 Å². The summed E-state index contributed by atoms with van der Waals surface area (Å²) in [6.07, 6.45) is 0.279. The molecule has 17 heavy (non-hydrogen) atoms. The van der Waals surface area contributed by atoms with Crippen molar-refractivity contribution in [3.05, 3.63) is 0 Å². The number of hydrogen-bond acceptors (Lipinski definition) is 4. The summed E-state index contributed by atoms with van der Waals surface area (Å²) < 4.78 is 26.0. The molecule has 0 spiro atoms. The Bertz CT molecular complexity index is 404. The highest BCUT2D eigenvalue weighted by Gasteiger charge is 2.31. The molecule has 0 aliphatic rings. The highest BCUT2D eigenvalue weighted by atomic mass is 32.2. The maximum Gasteiger partial charge on any atom is 0.224 e. The standard InChI is InChI=1S/C9H19N3O3S2/c1-4-6(7(10)16)17(14,15)12-5-9(2,3)8(11)13/h6,12H,4-5H2,1-3H3,(H2,10,16)(H2,11,13). The smallest absolute Gasteiger partial charge is 0.224 e. The Morgan fingerprint density at radius 3 is 2.18 bits per heavy atom. The summed E-state index contributed by atoms with van der Waals surface area (Å²) in [5.41, 5.74) is 9.54. The van der Waals surface area contributed by atoms with Gasteiger partial charge in [-0.2, -0.15) is 0 Å². The van der Waals surface area contributed by atoms with E-state index in [1.165, 1.54) is 0 Å². The van der Waals surface area contributed by atoms with Gasteiger partial charge in [-0.05, 0) is 20.3 Å². The van der Waals surface area contributed by atoms with Crippen LogP contribution in [0.2, 0.25) is 0 Å². The Morgan fingerprint density at radius 1 is 1.41 bits per heavy atom. The second-order valence-electron chi connectivity index (χ2n) is 4.41. The van der Waals surface area contributed by atoms with Crippen molar-refractivity contribution in [2.75, 3.05) is 6.54 Å². The third-order valence-corrected chi connectivity index (χ3v) is 4.76. The predicted molar refractivity (Wildman–Crippen MR) is 70.8 cm³/mol. The third kappa shape index (κ3) is 4.57. The molecule has 0 aromatic heterocycles. The van der Waals surface area contributed by atoms with E-state index < -0.39 is 26.6 Å². The fraction of sp³-hybridized carbons (Fsp3) is 0.778. The van der Waals surface area contributed by atoms with Crippen molar-refractivity contribution in [3.63, 3.8) is 0 Å². The van der Waals surface area contributed by atoms with Crippen LogP contribution in [0.15, 0.2) is 0 Å². The fourth-order valence-electron chi connectivity index (χ4n) is 1.04.